The highest BCUT2D eigenvalue weighted by Gasteiger charge is 2.20. The van der Waals surface area contributed by atoms with Crippen LogP contribution in [0.25, 0.3) is 0 Å². The monoisotopic (exact) mass is 258 g/mol. The minimum atomic E-state index is -0.891. The lowest BCUT2D eigenvalue weighted by molar-refractivity contribution is -0.137. The van der Waals surface area contributed by atoms with Crippen LogP contribution in [0.1, 0.15) is 19.3 Å². The van der Waals surface area contributed by atoms with E-state index in [0.29, 0.717) is 19.1 Å². The van der Waals surface area contributed by atoms with Gasteiger partial charge in [-0.1, -0.05) is 0 Å². The highest BCUT2D eigenvalue weighted by Crippen LogP contribution is 2.14. The van der Waals surface area contributed by atoms with E-state index in [9.17, 15) is 9.59 Å². The third kappa shape index (κ3) is 4.91. The van der Waals surface area contributed by atoms with Gasteiger partial charge < -0.3 is 19.6 Å². The Kier molecular flexibility index (Phi) is 5.91. The number of nitrogens with zero attached hydrogens (tertiary/aromatic N) is 2. The van der Waals surface area contributed by atoms with E-state index in [1.165, 1.54) is 4.90 Å². The van der Waals surface area contributed by atoms with E-state index in [1.54, 1.807) is 19.0 Å². The van der Waals surface area contributed by atoms with Crippen molar-refractivity contribution in [3.05, 3.63) is 0 Å². The first-order valence-electron chi connectivity index (χ1n) is 6.26. The van der Waals surface area contributed by atoms with Crippen LogP contribution in [0.4, 0.5) is 4.79 Å². The molecule has 1 aliphatic rings. The van der Waals surface area contributed by atoms with E-state index in [4.69, 9.17) is 9.84 Å². The summed E-state index contributed by atoms with van der Waals surface area (Å²) in [6.07, 6.45) is 2.10. The van der Waals surface area contributed by atoms with Crippen LogP contribution >= 0.6 is 0 Å². The standard InChI is InChI=1S/C12H22N2O4/c1-13(6-5-11(15)16)12(17)14(2)8-10-4-3-7-18-9-10/h10H,3-9H2,1-2H3,(H,15,16). The zero-order chi connectivity index (χ0) is 13.5. The maximum absolute atomic E-state index is 11.9. The van der Waals surface area contributed by atoms with E-state index in [1.807, 2.05) is 0 Å². The summed E-state index contributed by atoms with van der Waals surface area (Å²) in [7, 11) is 3.37. The molecule has 0 radical (unpaired) electrons. The molecule has 1 N–H and O–H groups in total. The topological polar surface area (TPSA) is 70.1 Å². The molecule has 0 aromatic heterocycles. The predicted octanol–water partition coefficient (Wildman–Crippen LogP) is 0.871. The summed E-state index contributed by atoms with van der Waals surface area (Å²) in [5.74, 6) is -0.501. The van der Waals surface area contributed by atoms with Crippen LogP contribution in [0.15, 0.2) is 0 Å². The normalized spacial score (nSPS) is 19.3. The lowest BCUT2D eigenvalue weighted by Crippen LogP contribution is -2.43. The van der Waals surface area contributed by atoms with Crippen molar-refractivity contribution >= 4 is 12.0 Å². The van der Waals surface area contributed by atoms with Crippen LogP contribution in [-0.4, -0.2) is 67.3 Å². The Bertz CT molecular complexity index is 290. The van der Waals surface area contributed by atoms with Crippen molar-refractivity contribution < 1.29 is 19.4 Å². The summed E-state index contributed by atoms with van der Waals surface area (Å²) in [5.41, 5.74) is 0. The molecule has 1 unspecified atom stereocenters. The number of aliphatic carboxylic acids is 1. The fourth-order valence-corrected chi connectivity index (χ4v) is 2.07. The van der Waals surface area contributed by atoms with Crippen LogP contribution in [0.5, 0.6) is 0 Å². The zero-order valence-corrected chi connectivity index (χ0v) is 11.1. The van der Waals surface area contributed by atoms with Crippen molar-refractivity contribution in [2.45, 2.75) is 19.3 Å². The lowest BCUT2D eigenvalue weighted by Gasteiger charge is -2.29. The van der Waals surface area contributed by atoms with Crippen molar-refractivity contribution in [3.8, 4) is 0 Å². The van der Waals surface area contributed by atoms with E-state index < -0.39 is 5.97 Å². The second-order valence-corrected chi connectivity index (χ2v) is 4.81. The Morgan fingerprint density at radius 1 is 1.33 bits per heavy atom. The van der Waals surface area contributed by atoms with Gasteiger partial charge in [-0.3, -0.25) is 4.79 Å². The summed E-state index contributed by atoms with van der Waals surface area (Å²) >= 11 is 0. The largest absolute Gasteiger partial charge is 0.481 e. The van der Waals surface area contributed by atoms with E-state index in [-0.39, 0.29) is 19.0 Å². The van der Waals surface area contributed by atoms with E-state index >= 15 is 0 Å². The van der Waals surface area contributed by atoms with Crippen LogP contribution in [-0.2, 0) is 9.53 Å². The van der Waals surface area contributed by atoms with Crippen molar-refractivity contribution in [1.82, 2.24) is 9.80 Å². The van der Waals surface area contributed by atoms with Gasteiger partial charge in [0.1, 0.15) is 0 Å². The number of ether oxygens (including phenoxy) is 1. The minimum absolute atomic E-state index is 0.0252. The molecule has 1 aliphatic heterocycles. The maximum atomic E-state index is 11.9. The molecule has 0 aromatic carbocycles. The Morgan fingerprint density at radius 2 is 2.06 bits per heavy atom. The van der Waals surface area contributed by atoms with Crippen molar-refractivity contribution in [2.24, 2.45) is 5.92 Å². The highest BCUT2D eigenvalue weighted by molar-refractivity contribution is 5.75. The quantitative estimate of drug-likeness (QED) is 0.794. The number of carbonyl (C=O) groups is 2. The second kappa shape index (κ2) is 7.20. The SMILES string of the molecule is CN(CCC(=O)O)C(=O)N(C)CC1CCCOC1. The van der Waals surface area contributed by atoms with Crippen LogP contribution < -0.4 is 0 Å². The van der Waals surface area contributed by atoms with E-state index in [0.717, 1.165) is 19.4 Å². The molecule has 1 heterocycles. The molecule has 1 saturated heterocycles. The lowest BCUT2D eigenvalue weighted by atomic mass is 10.0. The molecule has 2 amide bonds. The summed E-state index contributed by atoms with van der Waals surface area (Å²) in [6.45, 7) is 2.42. The molecule has 0 aliphatic carbocycles. The molecule has 6 heteroatoms. The second-order valence-electron chi connectivity index (χ2n) is 4.81. The third-order valence-corrected chi connectivity index (χ3v) is 3.10. The average molecular weight is 258 g/mol. The molecule has 0 bridgehead atoms. The molecule has 0 spiro atoms. The molecule has 104 valence electrons. The van der Waals surface area contributed by atoms with Gasteiger partial charge >= 0.3 is 12.0 Å². The van der Waals surface area contributed by atoms with Gasteiger partial charge in [0.15, 0.2) is 0 Å². The van der Waals surface area contributed by atoms with Crippen LogP contribution in [0.2, 0.25) is 0 Å². The number of hydrogen-bond donors (Lipinski definition) is 1. The van der Waals surface area contributed by atoms with Crippen LogP contribution in [0, 0.1) is 5.92 Å². The Labute approximate surface area is 107 Å². The Balaban J connectivity index is 2.32. The van der Waals surface area contributed by atoms with Crippen LogP contribution in [0.3, 0.4) is 0 Å². The molecule has 1 rings (SSSR count). The molecular formula is C12H22N2O4. The molecule has 1 fully saturated rings. The molecule has 6 nitrogen and oxygen atoms in total. The zero-order valence-electron chi connectivity index (χ0n) is 11.1. The molecule has 0 aromatic rings. The Morgan fingerprint density at radius 3 is 2.61 bits per heavy atom. The van der Waals surface area contributed by atoms with Gasteiger partial charge in [-0.05, 0) is 12.8 Å². The van der Waals surface area contributed by atoms with Crippen molar-refractivity contribution in [3.63, 3.8) is 0 Å². The maximum Gasteiger partial charge on any atom is 0.319 e. The number of carbonyl (C=O) groups excluding carboxylic acids is 1. The average Bonchev–Trinajstić information content (AvgIpc) is 2.36. The number of amides is 2. The molecular weight excluding hydrogens is 236 g/mol. The van der Waals surface area contributed by atoms with Gasteiger partial charge in [-0.2, -0.15) is 0 Å². The van der Waals surface area contributed by atoms with Gasteiger partial charge in [0, 0.05) is 39.7 Å². The number of carboxylic acids is 1. The van der Waals surface area contributed by atoms with E-state index in [2.05, 4.69) is 0 Å². The number of urea groups is 1. The van der Waals surface area contributed by atoms with Gasteiger partial charge in [-0.15, -0.1) is 0 Å². The Hall–Kier alpha value is -1.30. The summed E-state index contributed by atoms with van der Waals surface area (Å²) < 4.78 is 5.37. The predicted molar refractivity (Wildman–Crippen MR) is 66.5 cm³/mol. The van der Waals surface area contributed by atoms with Gasteiger partial charge in [0.05, 0.1) is 13.0 Å². The molecule has 18 heavy (non-hydrogen) atoms. The summed E-state index contributed by atoms with van der Waals surface area (Å²) in [5, 5.41) is 8.58. The van der Waals surface area contributed by atoms with Gasteiger partial charge in [0.2, 0.25) is 0 Å². The fraction of sp³-hybridized carbons (Fsp3) is 0.833. The first-order valence-corrected chi connectivity index (χ1v) is 6.26. The van der Waals surface area contributed by atoms with Gasteiger partial charge in [-0.25, -0.2) is 4.79 Å². The number of hydrogen-bond acceptors (Lipinski definition) is 3. The summed E-state index contributed by atoms with van der Waals surface area (Å²) in [4.78, 5) is 25.5. The minimum Gasteiger partial charge on any atom is -0.481 e. The number of carboxylic acid groups (broad SMARTS) is 1. The molecule has 1 atom stereocenters. The fourth-order valence-electron chi connectivity index (χ4n) is 2.07. The first kappa shape index (κ1) is 14.8. The van der Waals surface area contributed by atoms with Crippen molar-refractivity contribution in [1.29, 1.82) is 0 Å². The van der Waals surface area contributed by atoms with Crippen molar-refractivity contribution in [2.75, 3.05) is 40.4 Å². The smallest absolute Gasteiger partial charge is 0.319 e. The summed E-state index contributed by atoms with van der Waals surface area (Å²) in [6, 6.07) is -0.137. The highest BCUT2D eigenvalue weighted by atomic mass is 16.5. The number of rotatable bonds is 5. The van der Waals surface area contributed by atoms with Gasteiger partial charge in [0.25, 0.3) is 0 Å². The first-order chi connectivity index (χ1) is 8.50. The molecule has 0 saturated carbocycles. The third-order valence-electron chi connectivity index (χ3n) is 3.10.